The van der Waals surface area contributed by atoms with Gasteiger partial charge in [-0.15, -0.1) is 11.3 Å². The van der Waals surface area contributed by atoms with E-state index in [1.54, 1.807) is 6.92 Å². The van der Waals surface area contributed by atoms with Gasteiger partial charge in [0.1, 0.15) is 22.2 Å². The summed E-state index contributed by atoms with van der Waals surface area (Å²) < 4.78 is 5.74. The van der Waals surface area contributed by atoms with Crippen molar-refractivity contribution in [3.8, 4) is 16.3 Å². The minimum Gasteiger partial charge on any atom is -0.489 e. The van der Waals surface area contributed by atoms with Crippen LogP contribution in [-0.4, -0.2) is 16.1 Å². The van der Waals surface area contributed by atoms with Crippen molar-refractivity contribution in [2.24, 2.45) is 0 Å². The van der Waals surface area contributed by atoms with E-state index in [1.807, 2.05) is 48.5 Å². The van der Waals surface area contributed by atoms with Gasteiger partial charge in [0.15, 0.2) is 0 Å². The first-order valence-corrected chi connectivity index (χ1v) is 8.41. The molecule has 24 heavy (non-hydrogen) atoms. The number of thiazole rings is 1. The number of halogens is 1. The van der Waals surface area contributed by atoms with Crippen molar-refractivity contribution in [1.82, 2.24) is 4.98 Å². The average Bonchev–Trinajstić information content (AvgIpc) is 2.96. The zero-order valence-electron chi connectivity index (χ0n) is 12.8. The Morgan fingerprint density at radius 3 is 2.62 bits per heavy atom. The zero-order chi connectivity index (χ0) is 17.1. The summed E-state index contributed by atoms with van der Waals surface area (Å²) in [5.74, 6) is -0.219. The van der Waals surface area contributed by atoms with E-state index in [9.17, 15) is 4.79 Å². The zero-order valence-corrected chi connectivity index (χ0v) is 14.4. The Morgan fingerprint density at radius 1 is 1.25 bits per heavy atom. The Kier molecular flexibility index (Phi) is 4.83. The maximum Gasteiger partial charge on any atom is 0.347 e. The van der Waals surface area contributed by atoms with Crippen LogP contribution in [-0.2, 0) is 6.61 Å². The molecule has 0 saturated heterocycles. The quantitative estimate of drug-likeness (QED) is 0.692. The predicted molar refractivity (Wildman–Crippen MR) is 95.0 cm³/mol. The first-order chi connectivity index (χ1) is 11.5. The highest BCUT2D eigenvalue weighted by Gasteiger charge is 2.14. The van der Waals surface area contributed by atoms with Gasteiger partial charge in [-0.05, 0) is 48.9 Å². The Hall–Kier alpha value is -2.37. The minimum atomic E-state index is -0.947. The third kappa shape index (κ3) is 3.75. The number of benzene rings is 2. The van der Waals surface area contributed by atoms with Gasteiger partial charge in [0.05, 0.1) is 5.69 Å². The fraction of sp³-hybridized carbons (Fsp3) is 0.111. The van der Waals surface area contributed by atoms with Crippen molar-refractivity contribution in [1.29, 1.82) is 0 Å². The van der Waals surface area contributed by atoms with E-state index in [4.69, 9.17) is 21.4 Å². The average molecular weight is 360 g/mol. The Morgan fingerprint density at radius 2 is 2.00 bits per heavy atom. The number of carboxylic acids is 1. The van der Waals surface area contributed by atoms with Crippen molar-refractivity contribution >= 4 is 28.9 Å². The number of hydrogen-bond donors (Lipinski definition) is 1. The highest BCUT2D eigenvalue weighted by molar-refractivity contribution is 7.17. The molecule has 2 aromatic carbocycles. The molecule has 3 rings (SSSR count). The number of carboxylic acid groups (broad SMARTS) is 1. The topological polar surface area (TPSA) is 59.4 Å². The number of carbonyl (C=O) groups is 1. The summed E-state index contributed by atoms with van der Waals surface area (Å²) in [4.78, 5) is 15.7. The standard InChI is InChI=1S/C18H14ClNO3S/c1-11-16(18(21)22)24-17(20-11)13-5-7-15(8-6-13)23-10-12-3-2-4-14(19)9-12/h2-9H,10H2,1H3,(H,21,22). The molecule has 0 atom stereocenters. The largest absolute Gasteiger partial charge is 0.489 e. The van der Waals surface area contributed by atoms with Gasteiger partial charge in [0, 0.05) is 10.6 Å². The van der Waals surface area contributed by atoms with Gasteiger partial charge in [-0.1, -0.05) is 23.7 Å². The molecular formula is C18H14ClNO3S. The van der Waals surface area contributed by atoms with E-state index in [1.165, 1.54) is 11.3 Å². The first kappa shape index (κ1) is 16.5. The summed E-state index contributed by atoms with van der Waals surface area (Å²) in [6.07, 6.45) is 0. The van der Waals surface area contributed by atoms with E-state index in [-0.39, 0.29) is 4.88 Å². The summed E-state index contributed by atoms with van der Waals surface area (Å²) in [5, 5.41) is 10.5. The van der Waals surface area contributed by atoms with Crippen LogP contribution in [0.15, 0.2) is 48.5 Å². The number of nitrogens with zero attached hydrogens (tertiary/aromatic N) is 1. The SMILES string of the molecule is Cc1nc(-c2ccc(OCc3cccc(Cl)c3)cc2)sc1C(=O)O. The van der Waals surface area contributed by atoms with Gasteiger partial charge >= 0.3 is 5.97 Å². The summed E-state index contributed by atoms with van der Waals surface area (Å²) >= 11 is 7.12. The van der Waals surface area contributed by atoms with Gasteiger partial charge < -0.3 is 9.84 Å². The molecular weight excluding hydrogens is 346 g/mol. The smallest absolute Gasteiger partial charge is 0.347 e. The van der Waals surface area contributed by atoms with Crippen LogP contribution in [0.2, 0.25) is 5.02 Å². The van der Waals surface area contributed by atoms with Gasteiger partial charge in [-0.2, -0.15) is 0 Å². The molecule has 0 aliphatic rings. The molecule has 0 amide bonds. The summed E-state index contributed by atoms with van der Waals surface area (Å²) in [7, 11) is 0. The first-order valence-electron chi connectivity index (χ1n) is 7.21. The predicted octanol–water partition coefficient (Wildman–Crippen LogP) is 5.05. The molecule has 1 aromatic heterocycles. The third-order valence-corrected chi connectivity index (χ3v) is 4.82. The fourth-order valence-electron chi connectivity index (χ4n) is 2.21. The summed E-state index contributed by atoms with van der Waals surface area (Å²) in [6.45, 7) is 2.13. The third-order valence-electron chi connectivity index (χ3n) is 3.39. The van der Waals surface area contributed by atoms with E-state index in [0.29, 0.717) is 22.3 Å². The van der Waals surface area contributed by atoms with Crippen molar-refractivity contribution in [3.05, 3.63) is 69.7 Å². The van der Waals surface area contributed by atoms with Crippen molar-refractivity contribution in [2.45, 2.75) is 13.5 Å². The van der Waals surface area contributed by atoms with Gasteiger partial charge in [-0.3, -0.25) is 0 Å². The minimum absolute atomic E-state index is 0.270. The molecule has 3 aromatic rings. The number of rotatable bonds is 5. The number of aryl methyl sites for hydroxylation is 1. The highest BCUT2D eigenvalue weighted by Crippen LogP contribution is 2.29. The van der Waals surface area contributed by atoms with Crippen molar-refractivity contribution in [3.63, 3.8) is 0 Å². The van der Waals surface area contributed by atoms with Gasteiger partial charge in [0.25, 0.3) is 0 Å². The Labute approximate surface area is 148 Å². The lowest BCUT2D eigenvalue weighted by Gasteiger charge is -2.07. The Bertz CT molecular complexity index is 874. The maximum atomic E-state index is 11.1. The lowest BCUT2D eigenvalue weighted by molar-refractivity contribution is 0.0701. The highest BCUT2D eigenvalue weighted by atomic mass is 35.5. The normalized spacial score (nSPS) is 10.6. The maximum absolute atomic E-state index is 11.1. The molecule has 1 heterocycles. The van der Waals surface area contributed by atoms with Crippen LogP contribution in [0.1, 0.15) is 20.9 Å². The molecule has 122 valence electrons. The molecule has 0 unspecified atom stereocenters. The van der Waals surface area contributed by atoms with Crippen molar-refractivity contribution in [2.75, 3.05) is 0 Å². The lowest BCUT2D eigenvalue weighted by Crippen LogP contribution is -1.95. The molecule has 0 aliphatic carbocycles. The molecule has 1 N–H and O–H groups in total. The molecule has 0 spiro atoms. The van der Waals surface area contributed by atoms with E-state index >= 15 is 0 Å². The molecule has 4 nitrogen and oxygen atoms in total. The van der Waals surface area contributed by atoms with Crippen LogP contribution in [0, 0.1) is 6.92 Å². The summed E-state index contributed by atoms with van der Waals surface area (Å²) in [5.41, 5.74) is 2.39. The fourth-order valence-corrected chi connectivity index (χ4v) is 3.33. The van der Waals surface area contributed by atoms with Crippen LogP contribution >= 0.6 is 22.9 Å². The lowest BCUT2D eigenvalue weighted by atomic mass is 10.2. The van der Waals surface area contributed by atoms with Crippen LogP contribution in [0.3, 0.4) is 0 Å². The van der Waals surface area contributed by atoms with Gasteiger partial charge in [-0.25, -0.2) is 9.78 Å². The molecule has 0 fully saturated rings. The molecule has 0 saturated carbocycles. The van der Waals surface area contributed by atoms with Crippen LogP contribution in [0.5, 0.6) is 5.75 Å². The molecule has 0 aliphatic heterocycles. The van der Waals surface area contributed by atoms with E-state index < -0.39 is 5.97 Å². The number of ether oxygens (including phenoxy) is 1. The van der Waals surface area contributed by atoms with Crippen molar-refractivity contribution < 1.29 is 14.6 Å². The van der Waals surface area contributed by atoms with Crippen LogP contribution < -0.4 is 4.74 Å². The second-order valence-electron chi connectivity index (χ2n) is 5.18. The van der Waals surface area contributed by atoms with E-state index in [2.05, 4.69) is 4.98 Å². The monoisotopic (exact) mass is 359 g/mol. The van der Waals surface area contributed by atoms with Crippen LogP contribution in [0.4, 0.5) is 0 Å². The summed E-state index contributed by atoms with van der Waals surface area (Å²) in [6, 6.07) is 15.0. The van der Waals surface area contributed by atoms with Gasteiger partial charge in [0.2, 0.25) is 0 Å². The number of hydrogen-bond acceptors (Lipinski definition) is 4. The number of aromatic carboxylic acids is 1. The molecule has 0 bridgehead atoms. The second kappa shape index (κ2) is 7.03. The molecule has 0 radical (unpaired) electrons. The number of aromatic nitrogens is 1. The van der Waals surface area contributed by atoms with E-state index in [0.717, 1.165) is 16.9 Å². The van der Waals surface area contributed by atoms with Crippen LogP contribution in [0.25, 0.3) is 10.6 Å². The molecule has 6 heteroatoms. The Balaban J connectivity index is 1.71. The second-order valence-corrected chi connectivity index (χ2v) is 6.62.